The van der Waals surface area contributed by atoms with E-state index >= 15 is 0 Å². The standard InChI is InChI=1S/C28H34N6O2/c1-2-3-19-36-23-11-9-22(10-12-23)24-20-25-28-31-30-26(33(28)17-18-34(25)32-24)13-14-27(35)29-16-15-21-7-5-4-6-8-21/h7,9-12,17-18,20H,2-6,8,13-16,19H2,1H3,(H,29,35). The SMILES string of the molecule is CCCCOc1ccc(-c2cc3c4nnc(CCC(=O)NCCC5=CCCCC5)n4ccn3n2)cc1. The number of fused-ring (bicyclic) bond motifs is 3. The summed E-state index contributed by atoms with van der Waals surface area (Å²) in [4.78, 5) is 12.4. The number of carbonyl (C=O) groups excluding carboxylic acids is 1. The number of carbonyl (C=O) groups is 1. The third kappa shape index (κ3) is 5.58. The minimum Gasteiger partial charge on any atom is -0.494 e. The van der Waals surface area contributed by atoms with Gasteiger partial charge in [-0.15, -0.1) is 10.2 Å². The van der Waals surface area contributed by atoms with Gasteiger partial charge < -0.3 is 10.1 Å². The predicted molar refractivity (Wildman–Crippen MR) is 140 cm³/mol. The van der Waals surface area contributed by atoms with Gasteiger partial charge in [-0.25, -0.2) is 4.52 Å². The first-order chi connectivity index (χ1) is 17.7. The molecule has 3 aromatic heterocycles. The van der Waals surface area contributed by atoms with Crippen molar-refractivity contribution in [1.29, 1.82) is 0 Å². The lowest BCUT2D eigenvalue weighted by Crippen LogP contribution is -2.25. The molecule has 8 nitrogen and oxygen atoms in total. The van der Waals surface area contributed by atoms with Crippen molar-refractivity contribution in [1.82, 2.24) is 29.5 Å². The van der Waals surface area contributed by atoms with Crippen molar-refractivity contribution >= 4 is 17.1 Å². The second kappa shape index (κ2) is 11.4. The fraction of sp³-hybridized carbons (Fsp3) is 0.429. The lowest BCUT2D eigenvalue weighted by atomic mass is 9.97. The lowest BCUT2D eigenvalue weighted by molar-refractivity contribution is -0.121. The van der Waals surface area contributed by atoms with Crippen LogP contribution in [-0.2, 0) is 11.2 Å². The van der Waals surface area contributed by atoms with Gasteiger partial charge in [-0.3, -0.25) is 9.20 Å². The number of aryl methyl sites for hydroxylation is 1. The summed E-state index contributed by atoms with van der Waals surface area (Å²) in [5.74, 6) is 1.70. The van der Waals surface area contributed by atoms with Crippen LogP contribution < -0.4 is 10.1 Å². The highest BCUT2D eigenvalue weighted by Gasteiger charge is 2.14. The second-order valence-corrected chi connectivity index (χ2v) is 9.40. The van der Waals surface area contributed by atoms with Crippen LogP contribution in [0.5, 0.6) is 5.75 Å². The molecule has 0 bridgehead atoms. The summed E-state index contributed by atoms with van der Waals surface area (Å²) in [5, 5.41) is 16.5. The van der Waals surface area contributed by atoms with Gasteiger partial charge in [-0.05, 0) is 68.9 Å². The van der Waals surface area contributed by atoms with Gasteiger partial charge in [-0.1, -0.05) is 25.0 Å². The van der Waals surface area contributed by atoms with Gasteiger partial charge in [0.15, 0.2) is 5.65 Å². The van der Waals surface area contributed by atoms with E-state index in [1.807, 2.05) is 51.6 Å². The molecule has 8 heteroatoms. The number of unbranched alkanes of at least 4 members (excludes halogenated alkanes) is 1. The first-order valence-corrected chi connectivity index (χ1v) is 13.1. The molecule has 0 spiro atoms. The molecule has 1 aromatic carbocycles. The minimum atomic E-state index is 0.0537. The van der Waals surface area contributed by atoms with Crippen molar-refractivity contribution in [3.8, 4) is 17.0 Å². The molecule has 1 N–H and O–H groups in total. The van der Waals surface area contributed by atoms with E-state index in [0.717, 1.165) is 59.9 Å². The fourth-order valence-electron chi connectivity index (χ4n) is 4.64. The van der Waals surface area contributed by atoms with Crippen LogP contribution >= 0.6 is 0 Å². The number of ether oxygens (including phenoxy) is 1. The smallest absolute Gasteiger partial charge is 0.220 e. The van der Waals surface area contributed by atoms with Crippen LogP contribution in [0.2, 0.25) is 0 Å². The van der Waals surface area contributed by atoms with Crippen LogP contribution in [0.15, 0.2) is 54.4 Å². The number of hydrogen-bond acceptors (Lipinski definition) is 5. The molecule has 36 heavy (non-hydrogen) atoms. The van der Waals surface area contributed by atoms with Crippen LogP contribution in [0.4, 0.5) is 0 Å². The van der Waals surface area contributed by atoms with Crippen molar-refractivity contribution < 1.29 is 9.53 Å². The van der Waals surface area contributed by atoms with Gasteiger partial charge in [0.1, 0.15) is 17.1 Å². The molecule has 4 aromatic rings. The van der Waals surface area contributed by atoms with E-state index < -0.39 is 0 Å². The number of allylic oxidation sites excluding steroid dienone is 1. The van der Waals surface area contributed by atoms with Gasteiger partial charge in [0.2, 0.25) is 5.91 Å². The topological polar surface area (TPSA) is 85.8 Å². The largest absolute Gasteiger partial charge is 0.494 e. The Hall–Kier alpha value is -3.68. The molecule has 188 valence electrons. The molecule has 5 rings (SSSR count). The van der Waals surface area contributed by atoms with Gasteiger partial charge in [0.25, 0.3) is 0 Å². The lowest BCUT2D eigenvalue weighted by Gasteiger charge is -2.12. The Morgan fingerprint density at radius 2 is 2.00 bits per heavy atom. The van der Waals surface area contributed by atoms with Crippen molar-refractivity contribution in [2.75, 3.05) is 13.2 Å². The zero-order valence-corrected chi connectivity index (χ0v) is 20.9. The van der Waals surface area contributed by atoms with E-state index in [9.17, 15) is 4.79 Å². The molecule has 1 aliphatic rings. The molecular weight excluding hydrogens is 452 g/mol. The highest BCUT2D eigenvalue weighted by Crippen LogP contribution is 2.24. The number of nitrogens with one attached hydrogen (secondary N) is 1. The van der Waals surface area contributed by atoms with Gasteiger partial charge in [-0.2, -0.15) is 5.10 Å². The highest BCUT2D eigenvalue weighted by molar-refractivity contribution is 5.77. The van der Waals surface area contributed by atoms with Crippen molar-refractivity contribution in [3.05, 3.63) is 60.2 Å². The third-order valence-corrected chi connectivity index (χ3v) is 6.73. The summed E-state index contributed by atoms with van der Waals surface area (Å²) in [6.45, 7) is 3.59. The molecule has 1 aliphatic carbocycles. The Morgan fingerprint density at radius 3 is 2.81 bits per heavy atom. The molecule has 0 saturated heterocycles. The van der Waals surface area contributed by atoms with Crippen LogP contribution in [0, 0.1) is 0 Å². The zero-order valence-electron chi connectivity index (χ0n) is 20.9. The van der Waals surface area contributed by atoms with E-state index in [2.05, 4.69) is 28.5 Å². The molecule has 0 radical (unpaired) electrons. The number of hydrogen-bond donors (Lipinski definition) is 1. The van der Waals surface area contributed by atoms with Crippen LogP contribution in [0.3, 0.4) is 0 Å². The van der Waals surface area contributed by atoms with Crippen LogP contribution in [0.25, 0.3) is 22.4 Å². The summed E-state index contributed by atoms with van der Waals surface area (Å²) in [6.07, 6.45) is 15.1. The maximum absolute atomic E-state index is 12.4. The normalized spacial score (nSPS) is 13.8. The Balaban J connectivity index is 1.22. The summed E-state index contributed by atoms with van der Waals surface area (Å²) < 4.78 is 9.54. The molecule has 0 unspecified atom stereocenters. The van der Waals surface area contributed by atoms with E-state index in [0.29, 0.717) is 19.4 Å². The summed E-state index contributed by atoms with van der Waals surface area (Å²) in [5.41, 5.74) is 4.96. The molecule has 1 amide bonds. The van der Waals surface area contributed by atoms with E-state index in [1.54, 1.807) is 0 Å². The Labute approximate surface area is 211 Å². The highest BCUT2D eigenvalue weighted by atomic mass is 16.5. The number of rotatable bonds is 11. The maximum Gasteiger partial charge on any atom is 0.220 e. The summed E-state index contributed by atoms with van der Waals surface area (Å²) >= 11 is 0. The number of nitrogens with zero attached hydrogens (tertiary/aromatic N) is 5. The van der Waals surface area contributed by atoms with Crippen molar-refractivity contribution in [2.45, 2.75) is 64.7 Å². The van der Waals surface area contributed by atoms with Gasteiger partial charge in [0, 0.05) is 37.3 Å². The third-order valence-electron chi connectivity index (χ3n) is 6.73. The number of benzene rings is 1. The Kier molecular flexibility index (Phi) is 7.59. The molecule has 0 saturated carbocycles. The Bertz CT molecular complexity index is 1350. The van der Waals surface area contributed by atoms with Crippen LogP contribution in [-0.4, -0.2) is 43.3 Å². The monoisotopic (exact) mass is 486 g/mol. The first kappa shape index (κ1) is 24.0. The predicted octanol–water partition coefficient (Wildman–Crippen LogP) is 5.16. The average molecular weight is 487 g/mol. The second-order valence-electron chi connectivity index (χ2n) is 9.40. The van der Waals surface area contributed by atoms with Crippen molar-refractivity contribution in [2.24, 2.45) is 0 Å². The van der Waals surface area contributed by atoms with Gasteiger partial charge in [0.05, 0.1) is 12.3 Å². The van der Waals surface area contributed by atoms with E-state index in [4.69, 9.17) is 9.84 Å². The van der Waals surface area contributed by atoms with Crippen LogP contribution in [0.1, 0.15) is 64.1 Å². The first-order valence-electron chi connectivity index (χ1n) is 13.1. The minimum absolute atomic E-state index is 0.0537. The molecule has 0 atom stereocenters. The number of amides is 1. The maximum atomic E-state index is 12.4. The summed E-state index contributed by atoms with van der Waals surface area (Å²) in [7, 11) is 0. The van der Waals surface area contributed by atoms with Crippen molar-refractivity contribution in [3.63, 3.8) is 0 Å². The molecule has 3 heterocycles. The molecule has 0 fully saturated rings. The quantitative estimate of drug-likeness (QED) is 0.234. The Morgan fingerprint density at radius 1 is 1.11 bits per heavy atom. The average Bonchev–Trinajstić information content (AvgIpc) is 3.53. The molecular formula is C28H34N6O2. The van der Waals surface area contributed by atoms with Gasteiger partial charge >= 0.3 is 0 Å². The fourth-order valence-corrected chi connectivity index (χ4v) is 4.64. The zero-order chi connectivity index (χ0) is 24.7. The number of aromatic nitrogens is 5. The van der Waals surface area contributed by atoms with E-state index in [1.165, 1.54) is 31.3 Å². The van der Waals surface area contributed by atoms with E-state index in [-0.39, 0.29) is 5.91 Å². The molecule has 0 aliphatic heterocycles. The summed E-state index contributed by atoms with van der Waals surface area (Å²) in [6, 6.07) is 10.0.